The number of carbonyl (C=O) groups excluding carboxylic acids is 3. The Morgan fingerprint density at radius 2 is 1.43 bits per heavy atom. The number of carboxylic acid groups (broad SMARTS) is 1. The van der Waals surface area contributed by atoms with Crippen LogP contribution in [0.15, 0.2) is 72.8 Å². The maximum Gasteiger partial charge on any atom is 0.407 e. The van der Waals surface area contributed by atoms with Crippen LogP contribution in [0.2, 0.25) is 0 Å². The molecule has 208 valence electrons. The SMILES string of the molecule is CC(C)(C)OC(=O)C(=O)C(O)c1ccc(C[C@H](NC(=O)OCC2c3ccccc3-c3ccccc32)C(=O)O)cc1. The number of ether oxygens (including phenoxy) is 2. The normalized spacial score (nSPS) is 13.9. The van der Waals surface area contributed by atoms with Crippen molar-refractivity contribution < 1.29 is 38.9 Å². The summed E-state index contributed by atoms with van der Waals surface area (Å²) in [6.45, 7) is 4.86. The van der Waals surface area contributed by atoms with Gasteiger partial charge >= 0.3 is 18.0 Å². The van der Waals surface area contributed by atoms with E-state index in [-0.39, 0.29) is 24.5 Å². The summed E-state index contributed by atoms with van der Waals surface area (Å²) in [6.07, 6.45) is -2.65. The highest BCUT2D eigenvalue weighted by atomic mass is 16.6. The van der Waals surface area contributed by atoms with Gasteiger partial charge in [-0.15, -0.1) is 0 Å². The lowest BCUT2D eigenvalue weighted by molar-refractivity contribution is -0.165. The Bertz CT molecular complexity index is 1380. The molecule has 3 aromatic carbocycles. The van der Waals surface area contributed by atoms with Crippen LogP contribution in [0.25, 0.3) is 11.1 Å². The molecule has 3 aromatic rings. The minimum atomic E-state index is -1.72. The molecule has 0 heterocycles. The molecule has 0 fully saturated rings. The molecule has 0 aromatic heterocycles. The Morgan fingerprint density at radius 3 is 1.95 bits per heavy atom. The molecular formula is C31H31NO8. The topological polar surface area (TPSA) is 139 Å². The fraction of sp³-hybridized carbons (Fsp3) is 0.290. The van der Waals surface area contributed by atoms with Crippen molar-refractivity contribution in [3.8, 4) is 11.1 Å². The van der Waals surface area contributed by atoms with E-state index >= 15 is 0 Å². The summed E-state index contributed by atoms with van der Waals surface area (Å²) in [5.74, 6) is -3.67. The Balaban J connectivity index is 1.36. The summed E-state index contributed by atoms with van der Waals surface area (Å²) < 4.78 is 10.5. The number of esters is 1. The lowest BCUT2D eigenvalue weighted by atomic mass is 9.98. The first kappa shape index (κ1) is 28.5. The fourth-order valence-electron chi connectivity index (χ4n) is 4.65. The number of carboxylic acids is 1. The van der Waals surface area contributed by atoms with Crippen molar-refractivity contribution in [1.29, 1.82) is 0 Å². The molecule has 9 nitrogen and oxygen atoms in total. The molecule has 1 amide bonds. The number of amides is 1. The molecule has 40 heavy (non-hydrogen) atoms. The van der Waals surface area contributed by atoms with E-state index in [1.165, 1.54) is 24.3 Å². The van der Waals surface area contributed by atoms with Gasteiger partial charge in [-0.3, -0.25) is 4.79 Å². The van der Waals surface area contributed by atoms with E-state index < -0.39 is 41.6 Å². The van der Waals surface area contributed by atoms with Crippen molar-refractivity contribution in [2.45, 2.75) is 50.9 Å². The Labute approximate surface area is 231 Å². The molecule has 2 atom stereocenters. The number of aliphatic hydroxyl groups excluding tert-OH is 1. The third-order valence-corrected chi connectivity index (χ3v) is 6.52. The van der Waals surface area contributed by atoms with Crippen molar-refractivity contribution in [3.63, 3.8) is 0 Å². The lowest BCUT2D eigenvalue weighted by Gasteiger charge is -2.20. The molecule has 0 saturated heterocycles. The first-order valence-electron chi connectivity index (χ1n) is 12.8. The van der Waals surface area contributed by atoms with Crippen LogP contribution in [0.4, 0.5) is 4.79 Å². The van der Waals surface area contributed by atoms with Gasteiger partial charge in [0.2, 0.25) is 0 Å². The lowest BCUT2D eigenvalue weighted by Crippen LogP contribution is -2.42. The Kier molecular flexibility index (Phi) is 8.35. The number of fused-ring (bicyclic) bond motifs is 3. The number of hydrogen-bond donors (Lipinski definition) is 3. The number of aliphatic hydroxyl groups is 1. The monoisotopic (exact) mass is 545 g/mol. The highest BCUT2D eigenvalue weighted by molar-refractivity contribution is 6.35. The number of carbonyl (C=O) groups is 4. The summed E-state index contributed by atoms with van der Waals surface area (Å²) >= 11 is 0. The van der Waals surface area contributed by atoms with Crippen LogP contribution in [0.5, 0.6) is 0 Å². The molecule has 1 aliphatic carbocycles. The van der Waals surface area contributed by atoms with Gasteiger partial charge in [-0.05, 0) is 54.2 Å². The zero-order valence-corrected chi connectivity index (χ0v) is 22.4. The highest BCUT2D eigenvalue weighted by Crippen LogP contribution is 2.44. The van der Waals surface area contributed by atoms with Crippen LogP contribution >= 0.6 is 0 Å². The molecular weight excluding hydrogens is 514 g/mol. The number of nitrogens with one attached hydrogen (secondary N) is 1. The minimum Gasteiger partial charge on any atom is -0.480 e. The first-order chi connectivity index (χ1) is 18.9. The van der Waals surface area contributed by atoms with E-state index in [4.69, 9.17) is 9.47 Å². The van der Waals surface area contributed by atoms with Gasteiger partial charge in [0.05, 0.1) is 0 Å². The van der Waals surface area contributed by atoms with E-state index in [1.54, 1.807) is 20.8 Å². The predicted molar refractivity (Wildman–Crippen MR) is 146 cm³/mol. The maximum absolute atomic E-state index is 12.6. The summed E-state index contributed by atoms with van der Waals surface area (Å²) in [6, 6.07) is 20.3. The van der Waals surface area contributed by atoms with Crippen LogP contribution < -0.4 is 5.32 Å². The third kappa shape index (κ3) is 6.55. The number of rotatable bonds is 9. The summed E-state index contributed by atoms with van der Waals surface area (Å²) in [5.41, 5.74) is 4.02. The smallest absolute Gasteiger partial charge is 0.407 e. The minimum absolute atomic E-state index is 0.0461. The van der Waals surface area contributed by atoms with Crippen molar-refractivity contribution in [3.05, 3.63) is 95.1 Å². The summed E-state index contributed by atoms with van der Waals surface area (Å²) in [7, 11) is 0. The quantitative estimate of drug-likeness (QED) is 0.269. The second-order valence-electron chi connectivity index (χ2n) is 10.6. The molecule has 0 aliphatic heterocycles. The van der Waals surface area contributed by atoms with Crippen molar-refractivity contribution in [1.82, 2.24) is 5.32 Å². The largest absolute Gasteiger partial charge is 0.480 e. The predicted octanol–water partition coefficient (Wildman–Crippen LogP) is 4.17. The van der Waals surface area contributed by atoms with Gasteiger partial charge in [-0.2, -0.15) is 0 Å². The highest BCUT2D eigenvalue weighted by Gasteiger charge is 2.31. The van der Waals surface area contributed by atoms with Gasteiger partial charge in [0.25, 0.3) is 5.78 Å². The van der Waals surface area contributed by atoms with Crippen LogP contribution in [0.3, 0.4) is 0 Å². The third-order valence-electron chi connectivity index (χ3n) is 6.52. The second-order valence-corrected chi connectivity index (χ2v) is 10.6. The van der Waals surface area contributed by atoms with Gasteiger partial charge in [0, 0.05) is 12.3 Å². The maximum atomic E-state index is 12.6. The van der Waals surface area contributed by atoms with Crippen LogP contribution in [-0.2, 0) is 30.3 Å². The summed E-state index contributed by atoms with van der Waals surface area (Å²) in [5, 5.41) is 22.4. The van der Waals surface area contributed by atoms with E-state index in [2.05, 4.69) is 5.32 Å². The Hall–Kier alpha value is -4.50. The molecule has 9 heteroatoms. The standard InChI is InChI=1S/C31H31NO8/c1-31(2,3)40-29(37)27(34)26(33)19-14-12-18(13-15-19)16-25(28(35)36)32-30(38)39-17-24-22-10-6-4-8-20(22)21-9-5-7-11-23(21)24/h4-15,24-26,33H,16-17H2,1-3H3,(H,32,38)(H,35,36)/t25-,26?/m0/s1. The Morgan fingerprint density at radius 1 is 0.875 bits per heavy atom. The zero-order chi connectivity index (χ0) is 29.0. The van der Waals surface area contributed by atoms with E-state index in [0.717, 1.165) is 22.3 Å². The van der Waals surface area contributed by atoms with Crippen LogP contribution in [0, 0.1) is 0 Å². The van der Waals surface area contributed by atoms with Gasteiger partial charge in [0.15, 0.2) is 0 Å². The number of benzene rings is 3. The number of hydrogen-bond acceptors (Lipinski definition) is 7. The molecule has 1 aliphatic rings. The van der Waals surface area contributed by atoms with Gasteiger partial charge in [-0.25, -0.2) is 14.4 Å². The van der Waals surface area contributed by atoms with Crippen LogP contribution in [-0.4, -0.2) is 52.3 Å². The van der Waals surface area contributed by atoms with Gasteiger partial charge < -0.3 is 25.0 Å². The van der Waals surface area contributed by atoms with Crippen molar-refractivity contribution in [2.24, 2.45) is 0 Å². The van der Waals surface area contributed by atoms with E-state index in [9.17, 15) is 29.4 Å². The first-order valence-corrected chi connectivity index (χ1v) is 12.8. The number of Topliss-reactive ketones (excluding diaryl/α,β-unsaturated/α-hetero) is 1. The van der Waals surface area contributed by atoms with Crippen LogP contribution in [0.1, 0.15) is 55.0 Å². The van der Waals surface area contributed by atoms with Crippen molar-refractivity contribution >= 4 is 23.8 Å². The van der Waals surface area contributed by atoms with Gasteiger partial charge in [0.1, 0.15) is 24.4 Å². The molecule has 0 radical (unpaired) electrons. The molecule has 0 saturated carbocycles. The molecule has 1 unspecified atom stereocenters. The summed E-state index contributed by atoms with van der Waals surface area (Å²) in [4.78, 5) is 48.7. The average molecular weight is 546 g/mol. The average Bonchev–Trinajstić information content (AvgIpc) is 3.23. The number of alkyl carbamates (subject to hydrolysis) is 1. The van der Waals surface area contributed by atoms with Crippen molar-refractivity contribution in [2.75, 3.05) is 6.61 Å². The van der Waals surface area contributed by atoms with Gasteiger partial charge in [-0.1, -0.05) is 72.8 Å². The molecule has 0 spiro atoms. The second kappa shape index (κ2) is 11.7. The zero-order valence-electron chi connectivity index (χ0n) is 22.4. The molecule has 4 rings (SSSR count). The fourth-order valence-corrected chi connectivity index (χ4v) is 4.65. The number of ketones is 1. The molecule has 0 bridgehead atoms. The number of aliphatic carboxylic acids is 1. The van der Waals surface area contributed by atoms with E-state index in [0.29, 0.717) is 5.56 Å². The van der Waals surface area contributed by atoms with E-state index in [1.807, 2.05) is 48.5 Å². The molecule has 3 N–H and O–H groups in total.